The second-order valence-corrected chi connectivity index (χ2v) is 8.89. The third-order valence-electron chi connectivity index (χ3n) is 2.82. The van der Waals surface area contributed by atoms with E-state index in [0.29, 0.717) is 32.6 Å². The number of hydrogen-bond acceptors (Lipinski definition) is 4. The van der Waals surface area contributed by atoms with Crippen LogP contribution in [0.25, 0.3) is 0 Å². The SMILES string of the molecule is CC(C)(C)OC(=O)N1CCN(S(=O)(=O)CCCI)CC1. The molecule has 1 aliphatic heterocycles. The summed E-state index contributed by atoms with van der Waals surface area (Å²) in [7, 11) is -3.18. The van der Waals surface area contributed by atoms with Gasteiger partial charge < -0.3 is 9.64 Å². The average molecular weight is 418 g/mol. The molecule has 6 nitrogen and oxygen atoms in total. The Hall–Kier alpha value is -0.0900. The van der Waals surface area contributed by atoms with Crippen LogP contribution in [0, 0.1) is 0 Å². The molecule has 0 radical (unpaired) electrons. The molecule has 1 aliphatic rings. The van der Waals surface area contributed by atoms with E-state index in [9.17, 15) is 13.2 Å². The highest BCUT2D eigenvalue weighted by atomic mass is 127. The highest BCUT2D eigenvalue weighted by molar-refractivity contribution is 14.1. The molecule has 0 aromatic carbocycles. The Labute approximate surface area is 135 Å². The largest absolute Gasteiger partial charge is 0.444 e. The standard InChI is InChI=1S/C12H23IN2O4S/c1-12(2,3)19-11(16)14-6-8-15(9-7-14)20(17,18)10-4-5-13/h4-10H2,1-3H3. The molecule has 0 aromatic heterocycles. The van der Waals surface area contributed by atoms with Gasteiger partial charge in [0.1, 0.15) is 5.60 Å². The first-order valence-corrected chi connectivity index (χ1v) is 9.81. The summed E-state index contributed by atoms with van der Waals surface area (Å²) in [4.78, 5) is 13.4. The van der Waals surface area contributed by atoms with E-state index in [1.165, 1.54) is 4.31 Å². The summed E-state index contributed by atoms with van der Waals surface area (Å²) in [6.45, 7) is 6.92. The minimum absolute atomic E-state index is 0.183. The highest BCUT2D eigenvalue weighted by Gasteiger charge is 2.30. The molecule has 1 fully saturated rings. The van der Waals surface area contributed by atoms with Crippen LogP contribution in [-0.2, 0) is 14.8 Å². The molecule has 0 atom stereocenters. The van der Waals surface area contributed by atoms with Gasteiger partial charge in [-0.3, -0.25) is 0 Å². The van der Waals surface area contributed by atoms with Gasteiger partial charge in [0.05, 0.1) is 5.75 Å². The van der Waals surface area contributed by atoms with E-state index in [2.05, 4.69) is 22.6 Å². The predicted octanol–water partition coefficient (Wildman–Crippen LogP) is 1.69. The van der Waals surface area contributed by atoms with Crippen molar-refractivity contribution in [2.45, 2.75) is 32.8 Å². The molecule has 20 heavy (non-hydrogen) atoms. The lowest BCUT2D eigenvalue weighted by Crippen LogP contribution is -2.52. The van der Waals surface area contributed by atoms with Crippen molar-refractivity contribution in [3.8, 4) is 0 Å². The molecule has 0 aliphatic carbocycles. The predicted molar refractivity (Wildman–Crippen MR) is 86.7 cm³/mol. The highest BCUT2D eigenvalue weighted by Crippen LogP contribution is 2.14. The van der Waals surface area contributed by atoms with Gasteiger partial charge in [-0.1, -0.05) is 22.6 Å². The number of carbonyl (C=O) groups excluding carboxylic acids is 1. The van der Waals surface area contributed by atoms with Crippen molar-refractivity contribution in [2.75, 3.05) is 36.4 Å². The topological polar surface area (TPSA) is 66.9 Å². The first-order chi connectivity index (χ1) is 9.15. The quantitative estimate of drug-likeness (QED) is 0.515. The Bertz CT molecular complexity index is 425. The lowest BCUT2D eigenvalue weighted by molar-refractivity contribution is 0.0192. The number of nitrogens with zero attached hydrogens (tertiary/aromatic N) is 2. The average Bonchev–Trinajstić information content (AvgIpc) is 2.34. The van der Waals surface area contributed by atoms with E-state index < -0.39 is 15.6 Å². The fourth-order valence-electron chi connectivity index (χ4n) is 1.84. The van der Waals surface area contributed by atoms with Crippen LogP contribution < -0.4 is 0 Å². The molecule has 118 valence electrons. The molecular weight excluding hydrogens is 395 g/mol. The molecule has 0 saturated carbocycles. The zero-order valence-electron chi connectivity index (χ0n) is 12.3. The summed E-state index contributed by atoms with van der Waals surface area (Å²) >= 11 is 2.17. The summed E-state index contributed by atoms with van der Waals surface area (Å²) < 4.78 is 31.7. The lowest BCUT2D eigenvalue weighted by atomic mass is 10.2. The number of ether oxygens (including phenoxy) is 1. The number of rotatable bonds is 4. The molecule has 0 N–H and O–H groups in total. The number of alkyl halides is 1. The van der Waals surface area contributed by atoms with Gasteiger partial charge >= 0.3 is 6.09 Å². The van der Waals surface area contributed by atoms with Crippen LogP contribution in [0.15, 0.2) is 0 Å². The van der Waals surface area contributed by atoms with Crippen LogP contribution in [0.4, 0.5) is 4.79 Å². The summed E-state index contributed by atoms with van der Waals surface area (Å²) in [5, 5.41) is 0. The third kappa shape index (κ3) is 5.72. The number of amides is 1. The van der Waals surface area contributed by atoms with Crippen molar-refractivity contribution in [1.82, 2.24) is 9.21 Å². The molecule has 0 spiro atoms. The minimum atomic E-state index is -3.18. The Balaban J connectivity index is 2.49. The maximum Gasteiger partial charge on any atom is 0.410 e. The van der Waals surface area contributed by atoms with Crippen LogP contribution in [0.2, 0.25) is 0 Å². The third-order valence-corrected chi connectivity index (χ3v) is 5.54. The fourth-order valence-corrected chi connectivity index (χ4v) is 4.23. The number of sulfonamides is 1. The second kappa shape index (κ2) is 7.26. The maximum atomic E-state index is 12.0. The van der Waals surface area contributed by atoms with Gasteiger partial charge in [-0.2, -0.15) is 4.31 Å². The normalized spacial score (nSPS) is 18.1. The molecule has 1 amide bonds. The van der Waals surface area contributed by atoms with E-state index in [0.717, 1.165) is 4.43 Å². The van der Waals surface area contributed by atoms with E-state index in [1.54, 1.807) is 4.90 Å². The van der Waals surface area contributed by atoms with E-state index in [1.807, 2.05) is 20.8 Å². The molecule has 1 heterocycles. The van der Waals surface area contributed by atoms with Gasteiger partial charge in [0.15, 0.2) is 0 Å². The van der Waals surface area contributed by atoms with Gasteiger partial charge in [0.25, 0.3) is 0 Å². The van der Waals surface area contributed by atoms with E-state index in [-0.39, 0.29) is 11.8 Å². The zero-order chi connectivity index (χ0) is 15.4. The summed E-state index contributed by atoms with van der Waals surface area (Å²) in [5.74, 6) is 0.183. The smallest absolute Gasteiger partial charge is 0.410 e. The summed E-state index contributed by atoms with van der Waals surface area (Å²) in [6, 6.07) is 0. The van der Waals surface area contributed by atoms with Crippen LogP contribution >= 0.6 is 22.6 Å². The second-order valence-electron chi connectivity index (χ2n) is 5.72. The zero-order valence-corrected chi connectivity index (χ0v) is 15.2. The monoisotopic (exact) mass is 418 g/mol. The molecule has 1 rings (SSSR count). The van der Waals surface area contributed by atoms with E-state index in [4.69, 9.17) is 4.74 Å². The molecule has 0 unspecified atom stereocenters. The van der Waals surface area contributed by atoms with Crippen molar-refractivity contribution in [3.05, 3.63) is 0 Å². The number of piperazine rings is 1. The first kappa shape index (κ1) is 18.0. The van der Waals surface area contributed by atoms with Crippen molar-refractivity contribution >= 4 is 38.7 Å². The lowest BCUT2D eigenvalue weighted by Gasteiger charge is -2.34. The van der Waals surface area contributed by atoms with Gasteiger partial charge in [0.2, 0.25) is 10.0 Å². The summed E-state index contributed by atoms with van der Waals surface area (Å²) in [5.41, 5.74) is -0.527. The van der Waals surface area contributed by atoms with Crippen molar-refractivity contribution < 1.29 is 17.9 Å². The van der Waals surface area contributed by atoms with E-state index >= 15 is 0 Å². The molecule has 0 bridgehead atoms. The van der Waals surface area contributed by atoms with Crippen LogP contribution in [0.3, 0.4) is 0 Å². The number of hydrogen-bond donors (Lipinski definition) is 0. The van der Waals surface area contributed by atoms with Gasteiger partial charge in [-0.05, 0) is 27.2 Å². The Morgan fingerprint density at radius 3 is 2.20 bits per heavy atom. The van der Waals surface area contributed by atoms with Crippen LogP contribution in [0.5, 0.6) is 0 Å². The van der Waals surface area contributed by atoms with Gasteiger partial charge in [0, 0.05) is 30.6 Å². The Kier molecular flexibility index (Phi) is 6.52. The molecule has 0 aromatic rings. The minimum Gasteiger partial charge on any atom is -0.444 e. The molecule has 8 heteroatoms. The van der Waals surface area contributed by atoms with Crippen molar-refractivity contribution in [1.29, 1.82) is 0 Å². The first-order valence-electron chi connectivity index (χ1n) is 6.67. The fraction of sp³-hybridized carbons (Fsp3) is 0.917. The van der Waals surface area contributed by atoms with Crippen LogP contribution in [-0.4, -0.2) is 65.7 Å². The van der Waals surface area contributed by atoms with Crippen molar-refractivity contribution in [3.63, 3.8) is 0 Å². The molecule has 1 saturated heterocycles. The number of halogens is 1. The van der Waals surface area contributed by atoms with Gasteiger partial charge in [-0.25, -0.2) is 13.2 Å². The van der Waals surface area contributed by atoms with Crippen molar-refractivity contribution in [2.24, 2.45) is 0 Å². The maximum absolute atomic E-state index is 12.0. The van der Waals surface area contributed by atoms with Gasteiger partial charge in [-0.15, -0.1) is 0 Å². The Morgan fingerprint density at radius 1 is 1.20 bits per heavy atom. The molecular formula is C12H23IN2O4S. The Morgan fingerprint density at radius 2 is 1.75 bits per heavy atom. The number of carbonyl (C=O) groups is 1. The summed E-state index contributed by atoms with van der Waals surface area (Å²) in [6.07, 6.45) is 0.289. The van der Waals surface area contributed by atoms with Crippen LogP contribution in [0.1, 0.15) is 27.2 Å².